The van der Waals surface area contributed by atoms with Gasteiger partial charge in [-0.3, -0.25) is 0 Å². The highest BCUT2D eigenvalue weighted by atomic mass is 35.5. The molecule has 0 fully saturated rings. The first-order valence-corrected chi connectivity index (χ1v) is 5.15. The topological polar surface area (TPSA) is 35.0 Å². The van der Waals surface area contributed by atoms with Crippen LogP contribution in [0.3, 0.4) is 0 Å². The molecule has 0 N–H and O–H groups in total. The predicted molar refractivity (Wildman–Crippen MR) is 65.8 cm³/mol. The second-order valence-corrected chi connectivity index (χ2v) is 3.90. The van der Waals surface area contributed by atoms with E-state index < -0.39 is 0 Å². The second-order valence-electron chi connectivity index (χ2n) is 3.51. The minimum absolute atomic E-state index is 0.447. The molecule has 0 saturated heterocycles. The molecule has 2 aromatic rings. The molecule has 82 valence electrons. The van der Waals surface area contributed by atoms with E-state index in [-0.39, 0.29) is 0 Å². The van der Waals surface area contributed by atoms with E-state index in [1.165, 1.54) is 0 Å². The molecule has 0 aliphatic heterocycles. The van der Waals surface area contributed by atoms with Crippen LogP contribution in [0.2, 0.25) is 5.15 Å². The smallest absolute Gasteiger partial charge is 0.222 e. The molecule has 2 heterocycles. The number of fused-ring (bicyclic) bond motifs is 1. The Morgan fingerprint density at radius 3 is 2.69 bits per heavy atom. The highest BCUT2D eigenvalue weighted by molar-refractivity contribution is 6.30. The van der Waals surface area contributed by atoms with E-state index in [2.05, 4.69) is 16.5 Å². The second kappa shape index (κ2) is 4.10. The minimum Gasteiger partial charge on any atom is -0.481 e. The van der Waals surface area contributed by atoms with Crippen molar-refractivity contribution in [1.29, 1.82) is 0 Å². The summed E-state index contributed by atoms with van der Waals surface area (Å²) in [6.07, 6.45) is 3.40. The summed E-state index contributed by atoms with van der Waals surface area (Å²) in [5.41, 5.74) is 1.89. The third-order valence-electron chi connectivity index (χ3n) is 2.36. The molecule has 0 bridgehead atoms. The standard InChI is InChI=1S/C12H11ClN2O/c1-7(2)9-5-15-12(16-3)10-6-14-11(13)4-8(9)10/h4-6H,1H2,2-3H3. The van der Waals surface area contributed by atoms with Gasteiger partial charge < -0.3 is 4.74 Å². The van der Waals surface area contributed by atoms with Gasteiger partial charge in [0.25, 0.3) is 0 Å². The van der Waals surface area contributed by atoms with E-state index in [1.807, 2.05) is 6.92 Å². The number of hydrogen-bond acceptors (Lipinski definition) is 3. The van der Waals surface area contributed by atoms with Crippen molar-refractivity contribution in [1.82, 2.24) is 9.97 Å². The molecule has 0 spiro atoms. The lowest BCUT2D eigenvalue weighted by Crippen LogP contribution is -1.93. The average molecular weight is 235 g/mol. The van der Waals surface area contributed by atoms with Crippen LogP contribution in [0.15, 0.2) is 25.0 Å². The van der Waals surface area contributed by atoms with Crippen molar-refractivity contribution in [3.05, 3.63) is 35.8 Å². The van der Waals surface area contributed by atoms with Crippen molar-refractivity contribution in [2.45, 2.75) is 6.92 Å². The molecule has 4 heteroatoms. The fourth-order valence-electron chi connectivity index (χ4n) is 1.59. The number of ether oxygens (including phenoxy) is 1. The molecule has 0 aliphatic rings. The zero-order chi connectivity index (χ0) is 11.7. The van der Waals surface area contributed by atoms with Gasteiger partial charge >= 0.3 is 0 Å². The molecule has 0 aliphatic carbocycles. The van der Waals surface area contributed by atoms with Crippen LogP contribution in [0.1, 0.15) is 12.5 Å². The van der Waals surface area contributed by atoms with Crippen LogP contribution in [0, 0.1) is 0 Å². The summed E-state index contributed by atoms with van der Waals surface area (Å²) in [6.45, 7) is 5.84. The number of pyridine rings is 2. The quantitative estimate of drug-likeness (QED) is 0.748. The van der Waals surface area contributed by atoms with Crippen LogP contribution in [-0.2, 0) is 0 Å². The summed E-state index contributed by atoms with van der Waals surface area (Å²) in [4.78, 5) is 8.24. The fraction of sp³-hybridized carbons (Fsp3) is 0.167. The van der Waals surface area contributed by atoms with Gasteiger partial charge in [0, 0.05) is 23.3 Å². The van der Waals surface area contributed by atoms with E-state index >= 15 is 0 Å². The number of hydrogen-bond donors (Lipinski definition) is 0. The normalized spacial score (nSPS) is 10.4. The van der Waals surface area contributed by atoms with Gasteiger partial charge in [0.15, 0.2) is 0 Å². The molecular formula is C12H11ClN2O. The Labute approximate surface area is 98.7 Å². The number of nitrogens with zero attached hydrogens (tertiary/aromatic N) is 2. The van der Waals surface area contributed by atoms with Gasteiger partial charge in [0.2, 0.25) is 5.88 Å². The third-order valence-corrected chi connectivity index (χ3v) is 2.56. The molecule has 0 amide bonds. The lowest BCUT2D eigenvalue weighted by molar-refractivity contribution is 0.403. The van der Waals surface area contributed by atoms with Crippen molar-refractivity contribution >= 4 is 27.9 Å². The molecule has 0 saturated carbocycles. The van der Waals surface area contributed by atoms with E-state index in [0.717, 1.165) is 21.9 Å². The lowest BCUT2D eigenvalue weighted by atomic mass is 10.0. The Balaban J connectivity index is 2.85. The van der Waals surface area contributed by atoms with E-state index in [4.69, 9.17) is 16.3 Å². The lowest BCUT2D eigenvalue weighted by Gasteiger charge is -2.08. The third kappa shape index (κ3) is 1.74. The van der Waals surface area contributed by atoms with Gasteiger partial charge in [0.05, 0.1) is 12.5 Å². The predicted octanol–water partition coefficient (Wildman–Crippen LogP) is 3.32. The highest BCUT2D eigenvalue weighted by Crippen LogP contribution is 2.30. The summed E-state index contributed by atoms with van der Waals surface area (Å²) in [7, 11) is 1.58. The molecule has 0 aromatic carbocycles. The van der Waals surface area contributed by atoms with Crippen molar-refractivity contribution in [2.75, 3.05) is 7.11 Å². The summed E-state index contributed by atoms with van der Waals surface area (Å²) < 4.78 is 5.18. The van der Waals surface area contributed by atoms with Crippen molar-refractivity contribution in [2.24, 2.45) is 0 Å². The van der Waals surface area contributed by atoms with Crippen LogP contribution in [0.5, 0.6) is 5.88 Å². The Kier molecular flexibility index (Phi) is 2.79. The molecule has 16 heavy (non-hydrogen) atoms. The van der Waals surface area contributed by atoms with Crippen molar-refractivity contribution in [3.8, 4) is 5.88 Å². The molecule has 0 unspecified atom stereocenters. The van der Waals surface area contributed by atoms with Crippen LogP contribution in [-0.4, -0.2) is 17.1 Å². The molecule has 0 atom stereocenters. The Morgan fingerprint density at radius 2 is 2.06 bits per heavy atom. The van der Waals surface area contributed by atoms with Gasteiger partial charge in [-0.25, -0.2) is 9.97 Å². The number of allylic oxidation sites excluding steroid dienone is 1. The number of halogens is 1. The van der Waals surface area contributed by atoms with Gasteiger partial charge in [-0.1, -0.05) is 18.2 Å². The van der Waals surface area contributed by atoms with Gasteiger partial charge in [-0.2, -0.15) is 0 Å². The van der Waals surface area contributed by atoms with Crippen molar-refractivity contribution < 1.29 is 4.74 Å². The average Bonchev–Trinajstić information content (AvgIpc) is 2.26. The minimum atomic E-state index is 0.447. The Morgan fingerprint density at radius 1 is 1.31 bits per heavy atom. The highest BCUT2D eigenvalue weighted by Gasteiger charge is 2.09. The van der Waals surface area contributed by atoms with E-state index in [9.17, 15) is 0 Å². The van der Waals surface area contributed by atoms with Gasteiger partial charge in [-0.15, -0.1) is 0 Å². The molecule has 2 aromatic heterocycles. The van der Waals surface area contributed by atoms with Crippen LogP contribution in [0.25, 0.3) is 16.3 Å². The maximum absolute atomic E-state index is 5.89. The molecule has 3 nitrogen and oxygen atoms in total. The number of methoxy groups -OCH3 is 1. The zero-order valence-corrected chi connectivity index (χ0v) is 9.88. The zero-order valence-electron chi connectivity index (χ0n) is 9.12. The molecule has 0 radical (unpaired) electrons. The van der Waals surface area contributed by atoms with Gasteiger partial charge in [-0.05, 0) is 18.6 Å². The summed E-state index contributed by atoms with van der Waals surface area (Å²) in [6, 6.07) is 1.80. The summed E-state index contributed by atoms with van der Waals surface area (Å²) in [5.74, 6) is 0.546. The van der Waals surface area contributed by atoms with Crippen LogP contribution < -0.4 is 4.74 Å². The number of aromatic nitrogens is 2. The fourth-order valence-corrected chi connectivity index (χ4v) is 1.75. The first kappa shape index (κ1) is 10.9. The Bertz CT molecular complexity index is 566. The molecule has 2 rings (SSSR count). The largest absolute Gasteiger partial charge is 0.481 e. The SMILES string of the molecule is C=C(C)c1cnc(OC)c2cnc(Cl)cc12. The number of rotatable bonds is 2. The van der Waals surface area contributed by atoms with Gasteiger partial charge in [0.1, 0.15) is 5.15 Å². The first-order valence-electron chi connectivity index (χ1n) is 4.77. The van der Waals surface area contributed by atoms with E-state index in [0.29, 0.717) is 11.0 Å². The summed E-state index contributed by atoms with van der Waals surface area (Å²) in [5, 5.41) is 2.25. The van der Waals surface area contributed by atoms with E-state index in [1.54, 1.807) is 25.6 Å². The summed E-state index contributed by atoms with van der Waals surface area (Å²) >= 11 is 5.89. The van der Waals surface area contributed by atoms with Crippen LogP contribution >= 0.6 is 11.6 Å². The molecular weight excluding hydrogens is 224 g/mol. The van der Waals surface area contributed by atoms with Crippen molar-refractivity contribution in [3.63, 3.8) is 0 Å². The van der Waals surface area contributed by atoms with Crippen LogP contribution in [0.4, 0.5) is 0 Å². The Hall–Kier alpha value is -1.61. The maximum Gasteiger partial charge on any atom is 0.222 e. The first-order chi connectivity index (χ1) is 7.63. The maximum atomic E-state index is 5.89. The monoisotopic (exact) mass is 234 g/mol.